The first-order chi connectivity index (χ1) is 24.3. The van der Waals surface area contributed by atoms with E-state index in [1.54, 1.807) is 5.38 Å². The summed E-state index contributed by atoms with van der Waals surface area (Å²) in [5, 5.41) is 18.3. The smallest absolute Gasteiger partial charge is 0.311 e. The van der Waals surface area contributed by atoms with E-state index in [9.17, 15) is 24.3 Å². The van der Waals surface area contributed by atoms with Crippen molar-refractivity contribution < 1.29 is 29.0 Å². The fraction of sp³-hybridized carbons (Fsp3) is 0.667. The van der Waals surface area contributed by atoms with Crippen LogP contribution in [0.2, 0.25) is 0 Å². The number of amides is 3. The number of hydrogen-bond donors (Lipinski definition) is 4. The molecule has 0 saturated carbocycles. The molecular formula is C39H61N5O6S. The summed E-state index contributed by atoms with van der Waals surface area (Å²) in [5.41, 5.74) is 8.26. The van der Waals surface area contributed by atoms with E-state index in [2.05, 4.69) is 24.5 Å². The summed E-state index contributed by atoms with van der Waals surface area (Å²) < 4.78 is 6.38. The van der Waals surface area contributed by atoms with E-state index >= 15 is 0 Å². The fourth-order valence-corrected chi connectivity index (χ4v) is 7.61. The molecule has 284 valence electrons. The second kappa shape index (κ2) is 20.0. The number of carbonyl (C=O) groups is 4. The Bertz CT molecular complexity index is 1450. The lowest BCUT2D eigenvalue weighted by Gasteiger charge is -2.39. The molecular weight excluding hydrogens is 667 g/mol. The van der Waals surface area contributed by atoms with Gasteiger partial charge in [0, 0.05) is 37.0 Å². The number of aliphatic carboxylic acids is 1. The highest BCUT2D eigenvalue weighted by atomic mass is 32.1. The third-order valence-corrected chi connectivity index (χ3v) is 11.2. The number of nitrogens with two attached hydrogens (primary N) is 1. The highest BCUT2D eigenvalue weighted by Gasteiger charge is 2.38. The molecule has 2 aromatic rings. The maximum atomic E-state index is 14.5. The molecule has 8 atom stereocenters. The minimum Gasteiger partial charge on any atom is -0.481 e. The van der Waals surface area contributed by atoms with Crippen LogP contribution in [0.1, 0.15) is 133 Å². The lowest BCUT2D eigenvalue weighted by Crippen LogP contribution is -2.58. The second-order valence-electron chi connectivity index (χ2n) is 14.5. The van der Waals surface area contributed by atoms with Crippen LogP contribution >= 0.6 is 11.3 Å². The van der Waals surface area contributed by atoms with Crippen LogP contribution in [0.3, 0.4) is 0 Å². The number of rotatable bonds is 20. The van der Waals surface area contributed by atoms with E-state index in [-0.39, 0.29) is 53.3 Å². The molecule has 5 N–H and O–H groups in total. The molecule has 0 fully saturated rings. The maximum absolute atomic E-state index is 14.5. The van der Waals surface area contributed by atoms with Crippen molar-refractivity contribution >= 4 is 35.0 Å². The van der Waals surface area contributed by atoms with Crippen LogP contribution < -0.4 is 16.4 Å². The molecule has 12 heteroatoms. The van der Waals surface area contributed by atoms with E-state index in [4.69, 9.17) is 15.5 Å². The van der Waals surface area contributed by atoms with E-state index in [0.717, 1.165) is 30.4 Å². The number of carboxylic acid groups (broad SMARTS) is 1. The van der Waals surface area contributed by atoms with E-state index in [0.29, 0.717) is 43.8 Å². The molecule has 1 aromatic heterocycles. The quantitative estimate of drug-likeness (QED) is 0.128. The average molecular weight is 728 g/mol. The predicted octanol–water partition coefficient (Wildman–Crippen LogP) is 6.08. The van der Waals surface area contributed by atoms with Gasteiger partial charge in [-0.05, 0) is 54.6 Å². The topological polar surface area (TPSA) is 164 Å². The van der Waals surface area contributed by atoms with Crippen molar-refractivity contribution in [2.24, 2.45) is 23.5 Å². The molecule has 1 heterocycles. The van der Waals surface area contributed by atoms with Crippen molar-refractivity contribution in [1.29, 1.82) is 0 Å². The lowest BCUT2D eigenvalue weighted by molar-refractivity contribution is -0.142. The molecule has 11 nitrogen and oxygen atoms in total. The summed E-state index contributed by atoms with van der Waals surface area (Å²) >= 11 is 1.35. The van der Waals surface area contributed by atoms with Gasteiger partial charge in [0.05, 0.1) is 12.0 Å². The zero-order valence-corrected chi connectivity index (χ0v) is 32.6. The number of carboxylic acids is 1. The van der Waals surface area contributed by atoms with E-state index < -0.39 is 30.1 Å². The minimum absolute atomic E-state index is 0.0179. The van der Waals surface area contributed by atoms with Crippen molar-refractivity contribution in [3.8, 4) is 0 Å². The number of nitrogens with one attached hydrogen (secondary N) is 2. The van der Waals surface area contributed by atoms with Gasteiger partial charge in [0.2, 0.25) is 11.8 Å². The van der Waals surface area contributed by atoms with Crippen molar-refractivity contribution in [3.05, 3.63) is 51.5 Å². The fourth-order valence-electron chi connectivity index (χ4n) is 6.75. The van der Waals surface area contributed by atoms with Crippen molar-refractivity contribution in [2.45, 2.75) is 137 Å². The maximum Gasteiger partial charge on any atom is 0.311 e. The summed E-state index contributed by atoms with van der Waals surface area (Å²) in [7, 11) is 0. The zero-order chi connectivity index (χ0) is 37.8. The molecule has 51 heavy (non-hydrogen) atoms. The first-order valence-electron chi connectivity index (χ1n) is 18.8. The number of aromatic nitrogens is 1. The van der Waals surface area contributed by atoms with Gasteiger partial charge in [-0.25, -0.2) is 4.98 Å². The van der Waals surface area contributed by atoms with Crippen molar-refractivity contribution in [3.63, 3.8) is 0 Å². The number of hydrogen-bond acceptors (Lipinski definition) is 8. The number of nitrogens with zero attached hydrogens (tertiary/aromatic N) is 2. The average Bonchev–Trinajstić information content (AvgIpc) is 3.62. The van der Waals surface area contributed by atoms with Gasteiger partial charge in [0.15, 0.2) is 0 Å². The highest BCUT2D eigenvalue weighted by molar-refractivity contribution is 7.09. The molecule has 0 radical (unpaired) electrons. The van der Waals surface area contributed by atoms with Crippen LogP contribution in [0.15, 0.2) is 29.6 Å². The summed E-state index contributed by atoms with van der Waals surface area (Å²) in [6.07, 6.45) is 3.83. The molecule has 3 rings (SSSR count). The number of ether oxygens (including phenoxy) is 1. The van der Waals surface area contributed by atoms with Gasteiger partial charge in [0.25, 0.3) is 5.91 Å². The van der Waals surface area contributed by atoms with Gasteiger partial charge in [-0.15, -0.1) is 11.3 Å². The third kappa shape index (κ3) is 11.1. The molecule has 8 unspecified atom stereocenters. The van der Waals surface area contributed by atoms with Crippen LogP contribution in [0.4, 0.5) is 0 Å². The minimum atomic E-state index is -0.906. The predicted molar refractivity (Wildman–Crippen MR) is 202 cm³/mol. The Labute approximate surface area is 308 Å². The SMILES string of the molecule is CCCOC(CC(C(C)C)N(CCC)C(=O)C(NC(=O)C(N)C(C)CC)C(C)CC)c1nc(C(=O)NC2Cc3ccccc3C(C(=O)O)C2)cs1. The van der Waals surface area contributed by atoms with Crippen molar-refractivity contribution in [2.75, 3.05) is 13.2 Å². The van der Waals surface area contributed by atoms with Gasteiger partial charge in [-0.1, -0.05) is 92.5 Å². The summed E-state index contributed by atoms with van der Waals surface area (Å²) in [4.78, 5) is 59.9. The van der Waals surface area contributed by atoms with Crippen LogP contribution in [-0.2, 0) is 25.5 Å². The van der Waals surface area contributed by atoms with E-state index in [1.807, 2.05) is 70.7 Å². The highest BCUT2D eigenvalue weighted by Crippen LogP contribution is 2.34. The van der Waals surface area contributed by atoms with Crippen molar-refractivity contribution in [1.82, 2.24) is 20.5 Å². The second-order valence-corrected chi connectivity index (χ2v) is 15.4. The summed E-state index contributed by atoms with van der Waals surface area (Å²) in [6, 6.07) is 5.49. The Kier molecular flexibility index (Phi) is 16.5. The Balaban J connectivity index is 1.85. The normalized spacial score (nSPS) is 19.3. The monoisotopic (exact) mass is 727 g/mol. The Morgan fingerprint density at radius 1 is 1.04 bits per heavy atom. The van der Waals surface area contributed by atoms with Gasteiger partial charge in [0.1, 0.15) is 22.8 Å². The first-order valence-corrected chi connectivity index (χ1v) is 19.7. The van der Waals surface area contributed by atoms with Gasteiger partial charge < -0.3 is 31.1 Å². The van der Waals surface area contributed by atoms with Gasteiger partial charge in [-0.3, -0.25) is 19.2 Å². The lowest BCUT2D eigenvalue weighted by atomic mass is 9.80. The standard InChI is InChI=1S/C39H61N5O6S/c1-9-17-44(38(47)34(25(8)12-4)43-36(46)33(40)24(7)11-3)31(23(5)6)21-32(50-18-10-2)37-42-30(22-51-37)35(45)41-27-19-26-15-13-14-16-28(26)29(20-27)39(48)49/h13-16,22-25,27,29,31-34H,9-12,17-21,40H2,1-8H3,(H,41,45)(H,43,46)(H,48,49). The number of carbonyl (C=O) groups excluding carboxylic acids is 3. The Morgan fingerprint density at radius 2 is 1.73 bits per heavy atom. The number of thiazole rings is 1. The molecule has 1 aliphatic carbocycles. The van der Waals surface area contributed by atoms with Gasteiger partial charge in [-0.2, -0.15) is 0 Å². The molecule has 3 amide bonds. The zero-order valence-electron chi connectivity index (χ0n) is 31.8. The summed E-state index contributed by atoms with van der Waals surface area (Å²) in [5.74, 6) is -2.45. The van der Waals surface area contributed by atoms with Crippen LogP contribution in [-0.4, -0.2) is 76.0 Å². The first kappa shape index (κ1) is 42.1. The molecule has 1 aliphatic rings. The van der Waals surface area contributed by atoms with Gasteiger partial charge >= 0.3 is 5.97 Å². The third-order valence-electron chi connectivity index (χ3n) is 10.3. The van der Waals surface area contributed by atoms with Crippen LogP contribution in [0.25, 0.3) is 0 Å². The molecule has 0 saturated heterocycles. The molecule has 1 aromatic carbocycles. The van der Waals surface area contributed by atoms with Crippen LogP contribution in [0.5, 0.6) is 0 Å². The Morgan fingerprint density at radius 3 is 2.33 bits per heavy atom. The largest absolute Gasteiger partial charge is 0.481 e. The van der Waals surface area contributed by atoms with Crippen LogP contribution in [0, 0.1) is 17.8 Å². The Hall–Kier alpha value is -3.35. The molecule has 0 aliphatic heterocycles. The number of fused-ring (bicyclic) bond motifs is 1. The molecule has 0 spiro atoms. The van der Waals surface area contributed by atoms with E-state index in [1.165, 1.54) is 11.3 Å². The summed E-state index contributed by atoms with van der Waals surface area (Å²) in [6.45, 7) is 17.2. The molecule has 0 bridgehead atoms. The number of benzene rings is 1.